The smallest absolute Gasteiger partial charge is 0.306 e. The molecule has 0 fully saturated rings. The van der Waals surface area contributed by atoms with E-state index in [2.05, 4.69) is 23.6 Å². The molecule has 0 aliphatic carbocycles. The van der Waals surface area contributed by atoms with Gasteiger partial charge in [-0.2, -0.15) is 0 Å². The Morgan fingerprint density at radius 2 is 1.76 bits per heavy atom. The van der Waals surface area contributed by atoms with Crippen molar-refractivity contribution in [2.24, 2.45) is 5.92 Å². The molecule has 0 rings (SSSR count). The highest BCUT2D eigenvalue weighted by Crippen LogP contribution is 2.11. The van der Waals surface area contributed by atoms with E-state index in [1.54, 1.807) is 0 Å². The van der Waals surface area contributed by atoms with Crippen molar-refractivity contribution >= 4 is 5.97 Å². The zero-order chi connectivity index (χ0) is 13.5. The van der Waals surface area contributed by atoms with Crippen molar-refractivity contribution in [3.05, 3.63) is 0 Å². The van der Waals surface area contributed by atoms with Crippen molar-refractivity contribution < 1.29 is 19.7 Å². The second-order valence-corrected chi connectivity index (χ2v) is 3.93. The summed E-state index contributed by atoms with van der Waals surface area (Å²) in [5.74, 6) is -0.754. The Morgan fingerprint density at radius 3 is 2.12 bits per heavy atom. The lowest BCUT2D eigenvalue weighted by Crippen LogP contribution is -2.11. The number of carboxylic acid groups (broad SMARTS) is 1. The lowest BCUT2D eigenvalue weighted by atomic mass is 10.00. The molecule has 4 nitrogen and oxygen atoms in total. The Bertz CT molecular complexity index is 155. The summed E-state index contributed by atoms with van der Waals surface area (Å²) in [6, 6.07) is 0. The van der Waals surface area contributed by atoms with Crippen LogP contribution in [0, 0.1) is 5.92 Å². The van der Waals surface area contributed by atoms with Crippen LogP contribution in [-0.2, 0) is 14.6 Å². The molecule has 0 aromatic rings. The Morgan fingerprint density at radius 1 is 1.18 bits per heavy atom. The van der Waals surface area contributed by atoms with Crippen LogP contribution in [-0.4, -0.2) is 24.8 Å². The quantitative estimate of drug-likeness (QED) is 0.384. The second-order valence-electron chi connectivity index (χ2n) is 3.93. The van der Waals surface area contributed by atoms with Gasteiger partial charge in [0.05, 0.1) is 19.6 Å². The Hall–Kier alpha value is -0.610. The summed E-state index contributed by atoms with van der Waals surface area (Å²) in [4.78, 5) is 19.4. The summed E-state index contributed by atoms with van der Waals surface area (Å²) < 4.78 is 0. The molecule has 0 spiro atoms. The van der Waals surface area contributed by atoms with E-state index in [0.29, 0.717) is 6.61 Å². The van der Waals surface area contributed by atoms with Gasteiger partial charge in [-0.25, -0.2) is 9.78 Å². The highest BCUT2D eigenvalue weighted by atomic mass is 17.2. The normalized spacial score (nSPS) is 11.5. The van der Waals surface area contributed by atoms with Crippen LogP contribution in [0.25, 0.3) is 0 Å². The molecule has 0 saturated carbocycles. The first-order chi connectivity index (χ1) is 8.13. The van der Waals surface area contributed by atoms with Crippen molar-refractivity contribution in [3.63, 3.8) is 0 Å². The van der Waals surface area contributed by atoms with E-state index >= 15 is 0 Å². The maximum atomic E-state index is 10.4. The third-order valence-electron chi connectivity index (χ3n) is 2.45. The first-order valence-corrected chi connectivity index (χ1v) is 6.52. The summed E-state index contributed by atoms with van der Waals surface area (Å²) in [6.07, 6.45) is 5.95. The molecule has 0 radical (unpaired) electrons. The average molecular weight is 248 g/mol. The first-order valence-electron chi connectivity index (χ1n) is 6.52. The van der Waals surface area contributed by atoms with Crippen LogP contribution in [0.1, 0.15) is 59.3 Å². The molecule has 0 aromatic carbocycles. The number of unbranched alkanes of at least 4 members (excludes halogenated alkanes) is 2. The highest BCUT2D eigenvalue weighted by molar-refractivity contribution is 5.69. The summed E-state index contributed by atoms with van der Waals surface area (Å²) >= 11 is 0. The minimum absolute atomic E-state index is 0.111. The van der Waals surface area contributed by atoms with Gasteiger partial charge in [0.1, 0.15) is 0 Å². The minimum atomic E-state index is -0.643. The molecule has 1 unspecified atom stereocenters. The van der Waals surface area contributed by atoms with Gasteiger partial charge in [-0.3, -0.25) is 4.79 Å². The minimum Gasteiger partial charge on any atom is -0.481 e. The molecule has 0 aliphatic rings. The molecule has 0 saturated heterocycles. The van der Waals surface area contributed by atoms with Crippen LogP contribution in [0.5, 0.6) is 0 Å². The number of carboxylic acids is 1. The van der Waals surface area contributed by atoms with Crippen LogP contribution in [0.4, 0.5) is 0 Å². The van der Waals surface area contributed by atoms with Gasteiger partial charge >= 0.3 is 5.97 Å². The van der Waals surface area contributed by atoms with Gasteiger partial charge in [-0.05, 0) is 19.3 Å². The van der Waals surface area contributed by atoms with E-state index in [4.69, 9.17) is 5.11 Å². The molecule has 4 heteroatoms. The van der Waals surface area contributed by atoms with E-state index in [0.717, 1.165) is 38.5 Å². The van der Waals surface area contributed by atoms with Gasteiger partial charge < -0.3 is 5.11 Å². The number of hydrogen-bond donors (Lipinski definition) is 1. The maximum Gasteiger partial charge on any atom is 0.306 e. The topological polar surface area (TPSA) is 55.8 Å². The van der Waals surface area contributed by atoms with E-state index in [1.807, 2.05) is 6.92 Å². The largest absolute Gasteiger partial charge is 0.481 e. The van der Waals surface area contributed by atoms with Crippen LogP contribution in [0.15, 0.2) is 0 Å². The number of carbonyl (C=O) groups is 1. The highest BCUT2D eigenvalue weighted by Gasteiger charge is 2.12. The fraction of sp³-hybridized carbons (Fsp3) is 0.923. The van der Waals surface area contributed by atoms with Crippen molar-refractivity contribution in [1.29, 1.82) is 0 Å². The third kappa shape index (κ3) is 15.4. The molecule has 0 amide bonds. The summed E-state index contributed by atoms with van der Waals surface area (Å²) in [5.41, 5.74) is 0. The monoisotopic (exact) mass is 248 g/mol. The fourth-order valence-electron chi connectivity index (χ4n) is 1.24. The average Bonchev–Trinajstić information content (AvgIpc) is 2.31. The van der Waals surface area contributed by atoms with Crippen LogP contribution < -0.4 is 0 Å². The predicted molar refractivity (Wildman–Crippen MR) is 68.8 cm³/mol. The third-order valence-corrected chi connectivity index (χ3v) is 2.45. The fourth-order valence-corrected chi connectivity index (χ4v) is 1.24. The van der Waals surface area contributed by atoms with Crippen molar-refractivity contribution in [2.75, 3.05) is 13.7 Å². The molecule has 0 heterocycles. The van der Waals surface area contributed by atoms with E-state index < -0.39 is 5.97 Å². The van der Waals surface area contributed by atoms with E-state index in [1.165, 1.54) is 7.11 Å². The molecule has 104 valence electrons. The van der Waals surface area contributed by atoms with Gasteiger partial charge in [0.2, 0.25) is 0 Å². The van der Waals surface area contributed by atoms with Crippen molar-refractivity contribution in [3.8, 4) is 0 Å². The van der Waals surface area contributed by atoms with Crippen LogP contribution in [0.3, 0.4) is 0 Å². The molecule has 1 atom stereocenters. The van der Waals surface area contributed by atoms with Crippen molar-refractivity contribution in [2.45, 2.75) is 59.3 Å². The first kappa shape index (κ1) is 18.7. The van der Waals surface area contributed by atoms with Gasteiger partial charge in [0.25, 0.3) is 0 Å². The summed E-state index contributed by atoms with van der Waals surface area (Å²) in [6.45, 7) is 6.83. The predicted octanol–water partition coefficient (Wildman–Crippen LogP) is 3.65. The number of rotatable bonds is 9. The Labute approximate surface area is 105 Å². The maximum absolute atomic E-state index is 10.4. The molecule has 0 aromatic heterocycles. The summed E-state index contributed by atoms with van der Waals surface area (Å²) in [5, 5.41) is 8.60. The molecule has 0 bridgehead atoms. The molecule has 17 heavy (non-hydrogen) atoms. The standard InChI is InChI=1S/C8H16O2.C5H12O2/c1-3-5-6-7(4-2)8(9)10;1-3-4-5-7-6-2/h7H,3-6H2,1-2H3,(H,9,10);3-5H2,1-2H3. The zero-order valence-electron chi connectivity index (χ0n) is 11.7. The zero-order valence-corrected chi connectivity index (χ0v) is 11.7. The molecule has 0 aliphatic heterocycles. The SMILES string of the molecule is CCCCC(CC)C(=O)O.CCCCOOC. The second kappa shape index (κ2) is 15.4. The van der Waals surface area contributed by atoms with E-state index in [9.17, 15) is 4.79 Å². The van der Waals surface area contributed by atoms with Gasteiger partial charge in [-0.15, -0.1) is 0 Å². The summed E-state index contributed by atoms with van der Waals surface area (Å²) in [7, 11) is 1.52. The lowest BCUT2D eigenvalue weighted by Gasteiger charge is -2.06. The van der Waals surface area contributed by atoms with Gasteiger partial charge in [0, 0.05) is 0 Å². The number of hydrogen-bond acceptors (Lipinski definition) is 3. The van der Waals surface area contributed by atoms with Crippen molar-refractivity contribution in [1.82, 2.24) is 0 Å². The number of aliphatic carboxylic acids is 1. The van der Waals surface area contributed by atoms with Crippen LogP contribution in [0.2, 0.25) is 0 Å². The lowest BCUT2D eigenvalue weighted by molar-refractivity contribution is -0.272. The molecule has 1 N–H and O–H groups in total. The molecular formula is C13H28O4. The van der Waals surface area contributed by atoms with Gasteiger partial charge in [0.15, 0.2) is 0 Å². The van der Waals surface area contributed by atoms with E-state index in [-0.39, 0.29) is 5.92 Å². The Balaban J connectivity index is 0. The molecular weight excluding hydrogens is 220 g/mol. The van der Waals surface area contributed by atoms with Gasteiger partial charge in [-0.1, -0.05) is 40.0 Å². The van der Waals surface area contributed by atoms with Crippen LogP contribution >= 0.6 is 0 Å². The Kier molecular flexibility index (Phi) is 17.0.